The molecule has 0 aliphatic rings. The van der Waals surface area contributed by atoms with E-state index in [1.54, 1.807) is 12.1 Å². The Balaban J connectivity index is 1.73. The summed E-state index contributed by atoms with van der Waals surface area (Å²) in [7, 11) is 0. The van der Waals surface area contributed by atoms with Crippen molar-refractivity contribution in [2.24, 2.45) is 5.73 Å². The van der Waals surface area contributed by atoms with Crippen LogP contribution in [0.3, 0.4) is 0 Å². The van der Waals surface area contributed by atoms with E-state index >= 15 is 0 Å². The molecule has 25 heavy (non-hydrogen) atoms. The molecule has 0 heterocycles. The van der Waals surface area contributed by atoms with Gasteiger partial charge in [-0.15, -0.1) is 0 Å². The van der Waals surface area contributed by atoms with Crippen LogP contribution in [0.5, 0.6) is 0 Å². The molecule has 2 aromatic carbocycles. The predicted octanol–water partition coefficient (Wildman–Crippen LogP) is 3.61. The molecule has 0 saturated heterocycles. The van der Waals surface area contributed by atoms with Gasteiger partial charge in [-0.25, -0.2) is 13.6 Å². The highest BCUT2D eigenvalue weighted by molar-refractivity contribution is 5.87. The lowest BCUT2D eigenvalue weighted by atomic mass is 10.1. The second-order valence-corrected chi connectivity index (χ2v) is 6.10. The van der Waals surface area contributed by atoms with Crippen molar-refractivity contribution in [3.63, 3.8) is 0 Å². The minimum absolute atomic E-state index is 0.160. The number of carbonyl (C=O) groups is 1. The molecular formula is C19H23F2N3O. The van der Waals surface area contributed by atoms with Gasteiger partial charge in [0.25, 0.3) is 0 Å². The summed E-state index contributed by atoms with van der Waals surface area (Å²) < 4.78 is 26.1. The number of aryl methyl sites for hydroxylation is 1. The van der Waals surface area contributed by atoms with Crippen molar-refractivity contribution >= 4 is 11.7 Å². The second-order valence-electron chi connectivity index (χ2n) is 6.10. The van der Waals surface area contributed by atoms with Gasteiger partial charge in [0.05, 0.1) is 0 Å². The van der Waals surface area contributed by atoms with Gasteiger partial charge in [0.15, 0.2) is 11.6 Å². The van der Waals surface area contributed by atoms with Crippen molar-refractivity contribution < 1.29 is 13.6 Å². The van der Waals surface area contributed by atoms with E-state index in [1.165, 1.54) is 6.07 Å². The zero-order valence-electron chi connectivity index (χ0n) is 14.2. The number of rotatable bonds is 8. The molecule has 1 unspecified atom stereocenters. The molecule has 0 fully saturated rings. The van der Waals surface area contributed by atoms with Gasteiger partial charge in [-0.2, -0.15) is 0 Å². The van der Waals surface area contributed by atoms with Crippen molar-refractivity contribution in [2.45, 2.75) is 32.2 Å². The zero-order valence-corrected chi connectivity index (χ0v) is 14.2. The number of urea groups is 1. The summed E-state index contributed by atoms with van der Waals surface area (Å²) in [5.74, 6) is -1.63. The summed E-state index contributed by atoms with van der Waals surface area (Å²) in [5, 5.41) is 5.93. The summed E-state index contributed by atoms with van der Waals surface area (Å²) in [5.41, 5.74) is 7.67. The molecule has 2 aromatic rings. The predicted molar refractivity (Wildman–Crippen MR) is 95.5 cm³/mol. The Bertz CT molecular complexity index is 722. The van der Waals surface area contributed by atoms with E-state index in [-0.39, 0.29) is 6.04 Å². The Morgan fingerprint density at radius 1 is 1.12 bits per heavy atom. The van der Waals surface area contributed by atoms with Crippen LogP contribution in [0.25, 0.3) is 0 Å². The standard InChI is InChI=1S/C19H23F2N3O/c1-13(10-15-7-8-17(20)18(21)12-15)23-9-3-5-14-4-2-6-16(11-14)24-19(22)25/h2,4,6-8,11-13,23H,3,5,9-10H2,1H3,(H3,22,24,25). The maximum absolute atomic E-state index is 13.2. The van der Waals surface area contributed by atoms with Crippen LogP contribution in [0, 0.1) is 11.6 Å². The van der Waals surface area contributed by atoms with Gasteiger partial charge < -0.3 is 16.4 Å². The topological polar surface area (TPSA) is 67.2 Å². The number of benzene rings is 2. The molecule has 0 aliphatic carbocycles. The van der Waals surface area contributed by atoms with Crippen molar-refractivity contribution in [2.75, 3.05) is 11.9 Å². The first-order valence-electron chi connectivity index (χ1n) is 8.27. The van der Waals surface area contributed by atoms with E-state index < -0.39 is 17.7 Å². The molecule has 0 saturated carbocycles. The Hall–Kier alpha value is -2.47. The van der Waals surface area contributed by atoms with Crippen LogP contribution in [0.2, 0.25) is 0 Å². The van der Waals surface area contributed by atoms with Gasteiger partial charge in [0.1, 0.15) is 0 Å². The van der Waals surface area contributed by atoms with E-state index in [2.05, 4.69) is 10.6 Å². The first-order valence-corrected chi connectivity index (χ1v) is 8.27. The van der Waals surface area contributed by atoms with Crippen LogP contribution in [0.15, 0.2) is 42.5 Å². The number of carbonyl (C=O) groups excluding carboxylic acids is 1. The van der Waals surface area contributed by atoms with E-state index in [4.69, 9.17) is 5.73 Å². The summed E-state index contributed by atoms with van der Waals surface area (Å²) in [6.45, 7) is 2.82. The number of anilines is 1. The lowest BCUT2D eigenvalue weighted by molar-refractivity contribution is 0.259. The number of halogens is 2. The Kier molecular flexibility index (Phi) is 6.89. The van der Waals surface area contributed by atoms with Gasteiger partial charge in [-0.1, -0.05) is 18.2 Å². The molecular weight excluding hydrogens is 324 g/mol. The van der Waals surface area contributed by atoms with Gasteiger partial charge in [0, 0.05) is 11.7 Å². The van der Waals surface area contributed by atoms with Crippen molar-refractivity contribution in [1.82, 2.24) is 5.32 Å². The molecule has 134 valence electrons. The third-order valence-corrected chi connectivity index (χ3v) is 3.86. The largest absolute Gasteiger partial charge is 0.351 e. The Morgan fingerprint density at radius 3 is 2.64 bits per heavy atom. The Morgan fingerprint density at radius 2 is 1.92 bits per heavy atom. The van der Waals surface area contributed by atoms with Crippen LogP contribution in [-0.2, 0) is 12.8 Å². The SMILES string of the molecule is CC(Cc1ccc(F)c(F)c1)NCCCc1cccc(NC(N)=O)c1. The maximum Gasteiger partial charge on any atom is 0.316 e. The van der Waals surface area contributed by atoms with Gasteiger partial charge >= 0.3 is 6.03 Å². The van der Waals surface area contributed by atoms with Crippen LogP contribution in [-0.4, -0.2) is 18.6 Å². The second kappa shape index (κ2) is 9.13. The molecule has 2 rings (SSSR count). The van der Waals surface area contributed by atoms with E-state index in [0.29, 0.717) is 12.1 Å². The summed E-state index contributed by atoms with van der Waals surface area (Å²) in [6, 6.07) is 11.1. The first kappa shape index (κ1) is 18.9. The Labute approximate surface area is 146 Å². The van der Waals surface area contributed by atoms with E-state index in [1.807, 2.05) is 25.1 Å². The fourth-order valence-electron chi connectivity index (χ4n) is 2.68. The van der Waals surface area contributed by atoms with Gasteiger partial charge in [-0.3, -0.25) is 0 Å². The average Bonchev–Trinajstić information content (AvgIpc) is 2.55. The summed E-state index contributed by atoms with van der Waals surface area (Å²) in [6.07, 6.45) is 2.41. The minimum Gasteiger partial charge on any atom is -0.351 e. The first-order chi connectivity index (χ1) is 11.9. The van der Waals surface area contributed by atoms with E-state index in [0.717, 1.165) is 36.6 Å². The molecule has 4 nitrogen and oxygen atoms in total. The number of primary amides is 1. The number of nitrogens with two attached hydrogens (primary N) is 1. The minimum atomic E-state index is -0.822. The van der Waals surface area contributed by atoms with Gasteiger partial charge in [0.2, 0.25) is 0 Å². The van der Waals surface area contributed by atoms with E-state index in [9.17, 15) is 13.6 Å². The van der Waals surface area contributed by atoms with Crippen molar-refractivity contribution in [3.8, 4) is 0 Å². The van der Waals surface area contributed by atoms with Crippen LogP contribution in [0.4, 0.5) is 19.3 Å². The fourth-order valence-corrected chi connectivity index (χ4v) is 2.68. The van der Waals surface area contributed by atoms with Crippen molar-refractivity contribution in [1.29, 1.82) is 0 Å². The molecule has 0 aliphatic heterocycles. The number of nitrogens with one attached hydrogen (secondary N) is 2. The molecule has 0 bridgehead atoms. The summed E-state index contributed by atoms with van der Waals surface area (Å²) in [4.78, 5) is 10.9. The number of hydrogen-bond acceptors (Lipinski definition) is 2. The molecule has 6 heteroatoms. The van der Waals surface area contributed by atoms with Crippen molar-refractivity contribution in [3.05, 3.63) is 65.2 Å². The smallest absolute Gasteiger partial charge is 0.316 e. The molecule has 0 spiro atoms. The van der Waals surface area contributed by atoms with Crippen LogP contribution >= 0.6 is 0 Å². The fraction of sp³-hybridized carbons (Fsp3) is 0.316. The lowest BCUT2D eigenvalue weighted by Gasteiger charge is -2.14. The quantitative estimate of drug-likeness (QED) is 0.639. The third-order valence-electron chi connectivity index (χ3n) is 3.86. The number of amides is 2. The highest BCUT2D eigenvalue weighted by Gasteiger charge is 2.07. The van der Waals surface area contributed by atoms with Crippen LogP contribution in [0.1, 0.15) is 24.5 Å². The molecule has 2 amide bonds. The molecule has 0 aromatic heterocycles. The van der Waals surface area contributed by atoms with Gasteiger partial charge in [-0.05, 0) is 68.1 Å². The monoisotopic (exact) mass is 347 g/mol. The highest BCUT2D eigenvalue weighted by Crippen LogP contribution is 2.13. The normalized spacial score (nSPS) is 12.0. The zero-order chi connectivity index (χ0) is 18.2. The molecule has 4 N–H and O–H groups in total. The molecule has 0 radical (unpaired) electrons. The molecule has 1 atom stereocenters. The van der Waals surface area contributed by atoms with Crippen LogP contribution < -0.4 is 16.4 Å². The lowest BCUT2D eigenvalue weighted by Crippen LogP contribution is -2.29. The maximum atomic E-state index is 13.2. The number of hydrogen-bond donors (Lipinski definition) is 3. The third kappa shape index (κ3) is 6.51. The summed E-state index contributed by atoms with van der Waals surface area (Å²) >= 11 is 0. The highest BCUT2D eigenvalue weighted by atomic mass is 19.2. The average molecular weight is 347 g/mol.